The Kier molecular flexibility index (Phi) is 5.64. The smallest absolute Gasteiger partial charge is 0.340 e. The SMILES string of the molecule is CCC(C)[C@H](N)C(=O)Nc1ccc(F)cc1C(=O)OC. The first kappa shape index (κ1) is 16.1. The van der Waals surface area contributed by atoms with E-state index in [4.69, 9.17) is 5.73 Å². The van der Waals surface area contributed by atoms with Gasteiger partial charge in [0.05, 0.1) is 24.4 Å². The van der Waals surface area contributed by atoms with Gasteiger partial charge in [-0.25, -0.2) is 9.18 Å². The molecule has 0 aliphatic heterocycles. The van der Waals surface area contributed by atoms with E-state index in [0.717, 1.165) is 18.6 Å². The normalized spacial score (nSPS) is 13.4. The van der Waals surface area contributed by atoms with Crippen LogP contribution in [-0.4, -0.2) is 25.0 Å². The summed E-state index contributed by atoms with van der Waals surface area (Å²) in [5, 5.41) is 2.54. The van der Waals surface area contributed by atoms with Crippen LogP contribution in [0.25, 0.3) is 0 Å². The summed E-state index contributed by atoms with van der Waals surface area (Å²) in [5.74, 6) is -1.74. The van der Waals surface area contributed by atoms with Gasteiger partial charge in [-0.1, -0.05) is 20.3 Å². The number of halogens is 1. The van der Waals surface area contributed by atoms with Crippen molar-refractivity contribution in [1.82, 2.24) is 0 Å². The van der Waals surface area contributed by atoms with E-state index in [1.165, 1.54) is 13.2 Å². The molecule has 0 heterocycles. The molecule has 0 saturated carbocycles. The number of esters is 1. The van der Waals surface area contributed by atoms with Crippen LogP contribution < -0.4 is 11.1 Å². The number of ether oxygens (including phenoxy) is 1. The van der Waals surface area contributed by atoms with Gasteiger partial charge in [0, 0.05) is 0 Å². The lowest BCUT2D eigenvalue weighted by Gasteiger charge is -2.18. The molecule has 5 nitrogen and oxygen atoms in total. The van der Waals surface area contributed by atoms with E-state index >= 15 is 0 Å². The standard InChI is InChI=1S/C14H19FN2O3/c1-4-8(2)12(16)13(18)17-11-6-5-9(15)7-10(11)14(19)20-3/h5-8,12H,4,16H2,1-3H3,(H,17,18)/t8?,12-/m0/s1. The molecule has 0 spiro atoms. The van der Waals surface area contributed by atoms with Crippen LogP contribution in [0, 0.1) is 11.7 Å². The molecule has 0 saturated heterocycles. The van der Waals surface area contributed by atoms with Gasteiger partial charge in [-0.15, -0.1) is 0 Å². The molecule has 1 rings (SSSR count). The largest absolute Gasteiger partial charge is 0.465 e. The topological polar surface area (TPSA) is 81.4 Å². The van der Waals surface area contributed by atoms with Crippen molar-refractivity contribution in [3.8, 4) is 0 Å². The van der Waals surface area contributed by atoms with Crippen molar-refractivity contribution in [3.05, 3.63) is 29.6 Å². The zero-order valence-electron chi connectivity index (χ0n) is 11.8. The number of nitrogens with one attached hydrogen (secondary N) is 1. The van der Waals surface area contributed by atoms with Gasteiger partial charge in [-0.3, -0.25) is 4.79 Å². The molecule has 0 fully saturated rings. The molecule has 0 radical (unpaired) electrons. The maximum absolute atomic E-state index is 13.2. The number of hydrogen-bond acceptors (Lipinski definition) is 4. The number of hydrogen-bond donors (Lipinski definition) is 2. The summed E-state index contributed by atoms with van der Waals surface area (Å²) in [6, 6.07) is 2.77. The first-order valence-corrected chi connectivity index (χ1v) is 6.35. The summed E-state index contributed by atoms with van der Waals surface area (Å²) in [7, 11) is 1.18. The second-order valence-corrected chi connectivity index (χ2v) is 4.58. The lowest BCUT2D eigenvalue weighted by atomic mass is 9.99. The van der Waals surface area contributed by atoms with Gasteiger partial charge >= 0.3 is 5.97 Å². The van der Waals surface area contributed by atoms with E-state index in [9.17, 15) is 14.0 Å². The monoisotopic (exact) mass is 282 g/mol. The molecule has 3 N–H and O–H groups in total. The predicted octanol–water partition coefficient (Wildman–Crippen LogP) is 1.92. The quantitative estimate of drug-likeness (QED) is 0.808. The van der Waals surface area contributed by atoms with Gasteiger partial charge in [0.1, 0.15) is 5.82 Å². The number of carbonyl (C=O) groups is 2. The van der Waals surface area contributed by atoms with Gasteiger partial charge in [-0.2, -0.15) is 0 Å². The fourth-order valence-corrected chi connectivity index (χ4v) is 1.63. The summed E-state index contributed by atoms with van der Waals surface area (Å²) in [5.41, 5.74) is 5.94. The average molecular weight is 282 g/mol. The van der Waals surface area contributed by atoms with Gasteiger partial charge in [0.15, 0.2) is 0 Å². The number of amides is 1. The molecule has 110 valence electrons. The second kappa shape index (κ2) is 7.00. The van der Waals surface area contributed by atoms with E-state index in [1.54, 1.807) is 0 Å². The second-order valence-electron chi connectivity index (χ2n) is 4.58. The average Bonchev–Trinajstić information content (AvgIpc) is 2.46. The van der Waals surface area contributed by atoms with Crippen LogP contribution in [0.3, 0.4) is 0 Å². The molecule has 1 unspecified atom stereocenters. The van der Waals surface area contributed by atoms with Crippen LogP contribution in [0.2, 0.25) is 0 Å². The minimum atomic E-state index is -0.725. The lowest BCUT2D eigenvalue weighted by molar-refractivity contribution is -0.118. The fraction of sp³-hybridized carbons (Fsp3) is 0.429. The molecular weight excluding hydrogens is 263 g/mol. The number of anilines is 1. The Hall–Kier alpha value is -1.95. The highest BCUT2D eigenvalue weighted by Crippen LogP contribution is 2.19. The molecule has 0 aliphatic rings. The highest BCUT2D eigenvalue weighted by Gasteiger charge is 2.22. The van der Waals surface area contributed by atoms with Crippen molar-refractivity contribution in [2.24, 2.45) is 11.7 Å². The third-order valence-electron chi connectivity index (χ3n) is 3.20. The maximum atomic E-state index is 13.2. The number of nitrogens with two attached hydrogens (primary N) is 1. The van der Waals surface area contributed by atoms with Crippen LogP contribution in [0.1, 0.15) is 30.6 Å². The lowest BCUT2D eigenvalue weighted by Crippen LogP contribution is -2.40. The van der Waals surface area contributed by atoms with Crippen molar-refractivity contribution >= 4 is 17.6 Å². The molecule has 6 heteroatoms. The Balaban J connectivity index is 2.97. The summed E-state index contributed by atoms with van der Waals surface area (Å²) in [6.07, 6.45) is 0.752. The Morgan fingerprint density at radius 3 is 2.65 bits per heavy atom. The van der Waals surface area contributed by atoms with Crippen LogP contribution >= 0.6 is 0 Å². The highest BCUT2D eigenvalue weighted by molar-refractivity contribution is 6.02. The first-order chi connectivity index (χ1) is 9.40. The molecule has 1 aromatic rings. The van der Waals surface area contributed by atoms with E-state index in [-0.39, 0.29) is 17.2 Å². The molecule has 0 bridgehead atoms. The fourth-order valence-electron chi connectivity index (χ4n) is 1.63. The summed E-state index contributed by atoms with van der Waals surface area (Å²) >= 11 is 0. The van der Waals surface area contributed by atoms with Gasteiger partial charge in [0.25, 0.3) is 0 Å². The van der Waals surface area contributed by atoms with Gasteiger partial charge in [0.2, 0.25) is 5.91 Å². The van der Waals surface area contributed by atoms with Gasteiger partial charge < -0.3 is 15.8 Å². The molecule has 0 aromatic heterocycles. The molecule has 1 amide bonds. The van der Waals surface area contributed by atoms with Crippen LogP contribution in [0.15, 0.2) is 18.2 Å². The summed E-state index contributed by atoms with van der Waals surface area (Å²) in [4.78, 5) is 23.5. The molecular formula is C14H19FN2O3. The molecule has 20 heavy (non-hydrogen) atoms. The number of benzene rings is 1. The minimum Gasteiger partial charge on any atom is -0.465 e. The van der Waals surface area contributed by atoms with E-state index < -0.39 is 23.7 Å². The minimum absolute atomic E-state index is 0.00275. The van der Waals surface area contributed by atoms with E-state index in [2.05, 4.69) is 10.1 Å². The Morgan fingerprint density at radius 2 is 2.10 bits per heavy atom. The van der Waals surface area contributed by atoms with Crippen molar-refractivity contribution in [1.29, 1.82) is 0 Å². The third kappa shape index (κ3) is 3.77. The van der Waals surface area contributed by atoms with Crippen molar-refractivity contribution < 1.29 is 18.7 Å². The van der Waals surface area contributed by atoms with Gasteiger partial charge in [-0.05, 0) is 24.1 Å². The van der Waals surface area contributed by atoms with Crippen molar-refractivity contribution in [2.75, 3.05) is 12.4 Å². The van der Waals surface area contributed by atoms with Crippen LogP contribution in [-0.2, 0) is 9.53 Å². The van der Waals surface area contributed by atoms with E-state index in [0.29, 0.717) is 0 Å². The third-order valence-corrected chi connectivity index (χ3v) is 3.20. The molecule has 0 aliphatic carbocycles. The zero-order chi connectivity index (χ0) is 15.3. The van der Waals surface area contributed by atoms with Crippen LogP contribution in [0.4, 0.5) is 10.1 Å². The summed E-state index contributed by atoms with van der Waals surface area (Å²) in [6.45, 7) is 3.78. The van der Waals surface area contributed by atoms with Crippen molar-refractivity contribution in [2.45, 2.75) is 26.3 Å². The summed E-state index contributed by atoms with van der Waals surface area (Å²) < 4.78 is 17.7. The zero-order valence-corrected chi connectivity index (χ0v) is 11.8. The highest BCUT2D eigenvalue weighted by atomic mass is 19.1. The number of rotatable bonds is 5. The van der Waals surface area contributed by atoms with Crippen LogP contribution in [0.5, 0.6) is 0 Å². The molecule has 2 atom stereocenters. The Labute approximate surface area is 117 Å². The van der Waals surface area contributed by atoms with Crippen molar-refractivity contribution in [3.63, 3.8) is 0 Å². The maximum Gasteiger partial charge on any atom is 0.340 e. The molecule has 1 aromatic carbocycles. The number of methoxy groups -OCH3 is 1. The Morgan fingerprint density at radius 1 is 1.45 bits per heavy atom. The predicted molar refractivity (Wildman–Crippen MR) is 73.8 cm³/mol. The number of carbonyl (C=O) groups excluding carboxylic acids is 2. The first-order valence-electron chi connectivity index (χ1n) is 6.35. The van der Waals surface area contributed by atoms with E-state index in [1.807, 2.05) is 13.8 Å². The Bertz CT molecular complexity index is 505.